The molecule has 2 N–H and O–H groups in total. The highest BCUT2D eigenvalue weighted by molar-refractivity contribution is 4.86. The van der Waals surface area contributed by atoms with E-state index in [4.69, 9.17) is 4.74 Å². The zero-order valence-corrected chi connectivity index (χ0v) is 10.3. The topological polar surface area (TPSA) is 41.5 Å². The molecule has 0 spiro atoms. The SMILES string of the molecule is CCOCC(O)CNC1CCC(C)(C)C1. The third kappa shape index (κ3) is 4.96. The molecule has 1 aliphatic rings. The van der Waals surface area contributed by atoms with Crippen LogP contribution in [-0.2, 0) is 4.74 Å². The predicted molar refractivity (Wildman–Crippen MR) is 61.9 cm³/mol. The van der Waals surface area contributed by atoms with Crippen LogP contribution in [-0.4, -0.2) is 37.0 Å². The van der Waals surface area contributed by atoms with Gasteiger partial charge in [-0.1, -0.05) is 13.8 Å². The molecule has 0 saturated heterocycles. The third-order valence-corrected chi connectivity index (χ3v) is 3.13. The van der Waals surface area contributed by atoms with Crippen LogP contribution >= 0.6 is 0 Å². The minimum Gasteiger partial charge on any atom is -0.389 e. The zero-order valence-electron chi connectivity index (χ0n) is 10.3. The van der Waals surface area contributed by atoms with Crippen LogP contribution in [0.25, 0.3) is 0 Å². The van der Waals surface area contributed by atoms with E-state index in [1.54, 1.807) is 0 Å². The highest BCUT2D eigenvalue weighted by Gasteiger charge is 2.30. The van der Waals surface area contributed by atoms with Gasteiger partial charge in [-0.25, -0.2) is 0 Å². The van der Waals surface area contributed by atoms with Crippen molar-refractivity contribution in [3.63, 3.8) is 0 Å². The van der Waals surface area contributed by atoms with Gasteiger partial charge in [-0.3, -0.25) is 0 Å². The molecule has 2 atom stereocenters. The maximum Gasteiger partial charge on any atom is 0.0897 e. The van der Waals surface area contributed by atoms with Crippen LogP contribution in [0.3, 0.4) is 0 Å². The van der Waals surface area contributed by atoms with Gasteiger partial charge in [-0.05, 0) is 31.6 Å². The van der Waals surface area contributed by atoms with Crippen LogP contribution in [0.2, 0.25) is 0 Å². The molecule has 0 aromatic heterocycles. The van der Waals surface area contributed by atoms with Crippen LogP contribution in [0.1, 0.15) is 40.0 Å². The molecule has 1 aliphatic carbocycles. The fraction of sp³-hybridized carbons (Fsp3) is 1.00. The Bertz CT molecular complexity index is 182. The van der Waals surface area contributed by atoms with Crippen molar-refractivity contribution < 1.29 is 9.84 Å². The molecular formula is C12H25NO2. The summed E-state index contributed by atoms with van der Waals surface area (Å²) in [6.45, 7) is 8.34. The van der Waals surface area contributed by atoms with Gasteiger partial charge in [0.25, 0.3) is 0 Å². The second-order valence-corrected chi connectivity index (χ2v) is 5.33. The first-order valence-corrected chi connectivity index (χ1v) is 6.02. The molecule has 0 amide bonds. The monoisotopic (exact) mass is 215 g/mol. The standard InChI is InChI=1S/C12H25NO2/c1-4-15-9-11(14)8-13-10-5-6-12(2,3)7-10/h10-11,13-14H,4-9H2,1-3H3. The number of hydrogen-bond acceptors (Lipinski definition) is 3. The Hall–Kier alpha value is -0.120. The van der Waals surface area contributed by atoms with Gasteiger partial charge in [0.2, 0.25) is 0 Å². The average Bonchev–Trinajstić information content (AvgIpc) is 2.52. The minimum absolute atomic E-state index is 0.367. The van der Waals surface area contributed by atoms with E-state index in [-0.39, 0.29) is 6.10 Å². The molecule has 1 saturated carbocycles. The Kier molecular flexibility index (Phi) is 5.03. The fourth-order valence-corrected chi connectivity index (χ4v) is 2.23. The first-order chi connectivity index (χ1) is 7.03. The maximum absolute atomic E-state index is 9.58. The van der Waals surface area contributed by atoms with Crippen molar-refractivity contribution in [1.82, 2.24) is 5.32 Å². The van der Waals surface area contributed by atoms with Gasteiger partial charge in [0.05, 0.1) is 12.7 Å². The Morgan fingerprint density at radius 1 is 1.53 bits per heavy atom. The summed E-state index contributed by atoms with van der Waals surface area (Å²) in [7, 11) is 0. The van der Waals surface area contributed by atoms with Gasteiger partial charge in [0.1, 0.15) is 0 Å². The van der Waals surface area contributed by atoms with Crippen LogP contribution in [0.15, 0.2) is 0 Å². The van der Waals surface area contributed by atoms with Crippen molar-refractivity contribution in [3.05, 3.63) is 0 Å². The van der Waals surface area contributed by atoms with Crippen LogP contribution < -0.4 is 5.32 Å². The van der Waals surface area contributed by atoms with Gasteiger partial charge in [0.15, 0.2) is 0 Å². The van der Waals surface area contributed by atoms with Gasteiger partial charge >= 0.3 is 0 Å². The highest BCUT2D eigenvalue weighted by Crippen LogP contribution is 2.36. The largest absolute Gasteiger partial charge is 0.389 e. The first-order valence-electron chi connectivity index (χ1n) is 6.02. The molecule has 0 aromatic carbocycles. The van der Waals surface area contributed by atoms with E-state index in [9.17, 15) is 5.11 Å². The number of hydrogen-bond donors (Lipinski definition) is 2. The second-order valence-electron chi connectivity index (χ2n) is 5.33. The number of aliphatic hydroxyl groups excluding tert-OH is 1. The van der Waals surface area contributed by atoms with E-state index < -0.39 is 0 Å². The van der Waals surface area contributed by atoms with E-state index in [2.05, 4.69) is 19.2 Å². The van der Waals surface area contributed by atoms with Crippen LogP contribution in [0.5, 0.6) is 0 Å². The minimum atomic E-state index is -0.367. The summed E-state index contributed by atoms with van der Waals surface area (Å²) in [6, 6.07) is 0.580. The Labute approximate surface area is 93.2 Å². The van der Waals surface area contributed by atoms with Gasteiger partial charge in [-0.2, -0.15) is 0 Å². The number of nitrogens with one attached hydrogen (secondary N) is 1. The lowest BCUT2D eigenvalue weighted by molar-refractivity contribution is 0.0413. The van der Waals surface area contributed by atoms with Crippen molar-refractivity contribution in [3.8, 4) is 0 Å². The molecule has 0 bridgehead atoms. The third-order valence-electron chi connectivity index (χ3n) is 3.13. The quantitative estimate of drug-likeness (QED) is 0.706. The zero-order chi connectivity index (χ0) is 11.3. The summed E-state index contributed by atoms with van der Waals surface area (Å²) >= 11 is 0. The lowest BCUT2D eigenvalue weighted by Gasteiger charge is -2.19. The molecule has 2 unspecified atom stereocenters. The fourth-order valence-electron chi connectivity index (χ4n) is 2.23. The van der Waals surface area contributed by atoms with E-state index in [0.29, 0.717) is 31.2 Å². The molecule has 1 rings (SSSR count). The second kappa shape index (κ2) is 5.83. The van der Waals surface area contributed by atoms with Crippen molar-refractivity contribution in [2.45, 2.75) is 52.2 Å². The number of rotatable bonds is 6. The Morgan fingerprint density at radius 2 is 2.27 bits per heavy atom. The number of aliphatic hydroxyl groups is 1. The molecule has 0 aliphatic heterocycles. The molecule has 1 fully saturated rings. The van der Waals surface area contributed by atoms with Gasteiger partial charge < -0.3 is 15.2 Å². The maximum atomic E-state index is 9.58. The summed E-state index contributed by atoms with van der Waals surface area (Å²) < 4.78 is 5.16. The van der Waals surface area contributed by atoms with Crippen molar-refractivity contribution in [2.75, 3.05) is 19.8 Å². The summed E-state index contributed by atoms with van der Waals surface area (Å²) in [6.07, 6.45) is 3.36. The van der Waals surface area contributed by atoms with Crippen molar-refractivity contribution in [2.24, 2.45) is 5.41 Å². The Balaban J connectivity index is 2.10. The molecule has 0 heterocycles. The number of ether oxygens (including phenoxy) is 1. The van der Waals surface area contributed by atoms with Crippen molar-refractivity contribution >= 4 is 0 Å². The molecule has 0 radical (unpaired) electrons. The van der Waals surface area contributed by atoms with Crippen LogP contribution in [0, 0.1) is 5.41 Å². The van der Waals surface area contributed by atoms with E-state index >= 15 is 0 Å². The van der Waals surface area contributed by atoms with E-state index in [1.165, 1.54) is 19.3 Å². The summed E-state index contributed by atoms with van der Waals surface area (Å²) in [5.41, 5.74) is 0.475. The van der Waals surface area contributed by atoms with E-state index in [0.717, 1.165) is 0 Å². The smallest absolute Gasteiger partial charge is 0.0897 e. The van der Waals surface area contributed by atoms with E-state index in [1.807, 2.05) is 6.92 Å². The molecule has 3 nitrogen and oxygen atoms in total. The van der Waals surface area contributed by atoms with Gasteiger partial charge in [-0.15, -0.1) is 0 Å². The summed E-state index contributed by atoms with van der Waals surface area (Å²) in [5.74, 6) is 0. The summed E-state index contributed by atoms with van der Waals surface area (Å²) in [5, 5.41) is 13.0. The lowest BCUT2D eigenvalue weighted by atomic mass is 9.92. The molecule has 0 aromatic rings. The Morgan fingerprint density at radius 3 is 2.80 bits per heavy atom. The predicted octanol–water partition coefficient (Wildman–Crippen LogP) is 1.55. The molecular weight excluding hydrogens is 190 g/mol. The molecule has 3 heteroatoms. The van der Waals surface area contributed by atoms with Crippen LogP contribution in [0.4, 0.5) is 0 Å². The van der Waals surface area contributed by atoms with Crippen molar-refractivity contribution in [1.29, 1.82) is 0 Å². The molecule has 15 heavy (non-hydrogen) atoms. The van der Waals surface area contributed by atoms with Gasteiger partial charge in [0, 0.05) is 19.2 Å². The normalized spacial score (nSPS) is 26.8. The highest BCUT2D eigenvalue weighted by atomic mass is 16.5. The first kappa shape index (κ1) is 12.9. The lowest BCUT2D eigenvalue weighted by Crippen LogP contribution is -2.36. The summed E-state index contributed by atoms with van der Waals surface area (Å²) in [4.78, 5) is 0. The average molecular weight is 215 g/mol. The molecule has 90 valence electrons.